The van der Waals surface area contributed by atoms with E-state index in [0.29, 0.717) is 0 Å². The summed E-state index contributed by atoms with van der Waals surface area (Å²) in [6.07, 6.45) is 1.10. The second-order valence-corrected chi connectivity index (χ2v) is 1.75. The summed E-state index contributed by atoms with van der Waals surface area (Å²) < 4.78 is 0. The second kappa shape index (κ2) is 15.7. The van der Waals surface area contributed by atoms with Crippen LogP contribution in [0.2, 0.25) is 0 Å². The number of hydrogen-bond donors (Lipinski definition) is 2. The molecule has 0 fully saturated rings. The highest BCUT2D eigenvalue weighted by Gasteiger charge is 1.62. The summed E-state index contributed by atoms with van der Waals surface area (Å²) in [5.74, 6) is 0. The minimum absolute atomic E-state index is 0.819. The summed E-state index contributed by atoms with van der Waals surface area (Å²) >= 11 is 0. The summed E-state index contributed by atoms with van der Waals surface area (Å²) in [5, 5.41) is 3.11. The van der Waals surface area contributed by atoms with E-state index in [4.69, 9.17) is 5.73 Å². The maximum Gasteiger partial charge on any atom is -0.00775 e. The number of nitrogens with two attached hydrogens (primary N) is 1. The Labute approximate surface area is 58.8 Å². The summed E-state index contributed by atoms with van der Waals surface area (Å²) in [5.41, 5.74) is 5.03. The minimum atomic E-state index is 0.819. The van der Waals surface area contributed by atoms with Gasteiger partial charge in [-0.3, -0.25) is 0 Å². The standard InChI is InChI=1S/C4H11N.C3H9N/c1-3-5-4-2;1-2-3-4/h5H,3-4H2,1-2H3;2-4H2,1H3. The van der Waals surface area contributed by atoms with E-state index in [1.807, 2.05) is 0 Å². The van der Waals surface area contributed by atoms with E-state index >= 15 is 0 Å². The lowest BCUT2D eigenvalue weighted by molar-refractivity contribution is 0.762. The van der Waals surface area contributed by atoms with Crippen molar-refractivity contribution in [1.29, 1.82) is 0 Å². The SMILES string of the molecule is CCCN.CCNCC. The molecule has 0 saturated heterocycles. The molecule has 58 valence electrons. The fourth-order valence-corrected chi connectivity index (χ4v) is 0.250. The van der Waals surface area contributed by atoms with Gasteiger partial charge in [-0.2, -0.15) is 0 Å². The highest BCUT2D eigenvalue weighted by Crippen LogP contribution is 1.57. The van der Waals surface area contributed by atoms with Crippen LogP contribution in [0.25, 0.3) is 0 Å². The molecule has 0 rings (SSSR count). The Hall–Kier alpha value is -0.0800. The Morgan fingerprint density at radius 1 is 1.11 bits per heavy atom. The van der Waals surface area contributed by atoms with Gasteiger partial charge >= 0.3 is 0 Å². The molecule has 0 aromatic rings. The second-order valence-electron chi connectivity index (χ2n) is 1.75. The smallest absolute Gasteiger partial charge is 0.00775 e. The van der Waals surface area contributed by atoms with E-state index in [-0.39, 0.29) is 0 Å². The maximum atomic E-state index is 5.03. The van der Waals surface area contributed by atoms with Crippen LogP contribution < -0.4 is 11.1 Å². The number of rotatable bonds is 3. The van der Waals surface area contributed by atoms with Crippen LogP contribution in [0.5, 0.6) is 0 Å². The molecule has 0 atom stereocenters. The predicted molar refractivity (Wildman–Crippen MR) is 43.6 cm³/mol. The van der Waals surface area contributed by atoms with Crippen molar-refractivity contribution in [3.8, 4) is 0 Å². The molecule has 0 aliphatic rings. The Bertz CT molecular complexity index is 26.1. The maximum absolute atomic E-state index is 5.03. The first-order valence-corrected chi connectivity index (χ1v) is 3.74. The molecule has 0 saturated carbocycles. The number of hydrogen-bond acceptors (Lipinski definition) is 2. The van der Waals surface area contributed by atoms with Crippen molar-refractivity contribution in [3.05, 3.63) is 0 Å². The third kappa shape index (κ3) is 32.6. The van der Waals surface area contributed by atoms with Gasteiger partial charge in [-0.25, -0.2) is 0 Å². The third-order valence-corrected chi connectivity index (χ3v) is 0.789. The van der Waals surface area contributed by atoms with E-state index in [1.165, 1.54) is 0 Å². The molecule has 0 heterocycles. The van der Waals surface area contributed by atoms with E-state index < -0.39 is 0 Å². The van der Waals surface area contributed by atoms with Crippen molar-refractivity contribution >= 4 is 0 Å². The summed E-state index contributed by atoms with van der Waals surface area (Å²) in [6, 6.07) is 0. The van der Waals surface area contributed by atoms with Gasteiger partial charge in [-0.05, 0) is 26.1 Å². The highest BCUT2D eigenvalue weighted by molar-refractivity contribution is 4.27. The van der Waals surface area contributed by atoms with Crippen LogP contribution in [0.4, 0.5) is 0 Å². The van der Waals surface area contributed by atoms with E-state index in [1.54, 1.807) is 0 Å². The molecule has 0 aromatic heterocycles. The van der Waals surface area contributed by atoms with Crippen LogP contribution in [0.3, 0.4) is 0 Å². The zero-order valence-corrected chi connectivity index (χ0v) is 6.91. The normalized spacial score (nSPS) is 8.00. The highest BCUT2D eigenvalue weighted by atomic mass is 14.8. The van der Waals surface area contributed by atoms with Gasteiger partial charge in [0.1, 0.15) is 0 Å². The molecule has 0 aliphatic heterocycles. The van der Waals surface area contributed by atoms with Crippen LogP contribution in [0.1, 0.15) is 27.2 Å². The molecule has 0 spiro atoms. The van der Waals surface area contributed by atoms with Gasteiger partial charge in [-0.15, -0.1) is 0 Å². The van der Waals surface area contributed by atoms with Gasteiger partial charge in [-0.1, -0.05) is 20.8 Å². The fourth-order valence-electron chi connectivity index (χ4n) is 0.250. The number of nitrogens with one attached hydrogen (secondary N) is 1. The zero-order valence-electron chi connectivity index (χ0n) is 6.91. The monoisotopic (exact) mass is 132 g/mol. The molecule has 0 aliphatic carbocycles. The van der Waals surface area contributed by atoms with Gasteiger partial charge in [0, 0.05) is 0 Å². The largest absolute Gasteiger partial charge is 0.330 e. The van der Waals surface area contributed by atoms with Crippen molar-refractivity contribution in [3.63, 3.8) is 0 Å². The summed E-state index contributed by atoms with van der Waals surface area (Å²) in [4.78, 5) is 0. The van der Waals surface area contributed by atoms with Crippen LogP contribution >= 0.6 is 0 Å². The van der Waals surface area contributed by atoms with Crippen molar-refractivity contribution in [1.82, 2.24) is 5.32 Å². The molecule has 0 radical (unpaired) electrons. The Kier molecular flexibility index (Phi) is 20.3. The Morgan fingerprint density at radius 2 is 1.44 bits per heavy atom. The lowest BCUT2D eigenvalue weighted by atomic mass is 10.5. The van der Waals surface area contributed by atoms with Crippen LogP contribution in [-0.4, -0.2) is 19.6 Å². The minimum Gasteiger partial charge on any atom is -0.330 e. The molecule has 2 nitrogen and oxygen atoms in total. The van der Waals surface area contributed by atoms with Crippen LogP contribution in [0, 0.1) is 0 Å². The average Bonchev–Trinajstić information content (AvgIpc) is 1.91. The van der Waals surface area contributed by atoms with Crippen molar-refractivity contribution < 1.29 is 0 Å². The first kappa shape index (κ1) is 11.7. The average molecular weight is 132 g/mol. The van der Waals surface area contributed by atoms with Crippen LogP contribution in [-0.2, 0) is 0 Å². The van der Waals surface area contributed by atoms with Gasteiger partial charge in [0.2, 0.25) is 0 Å². The predicted octanol–water partition coefficient (Wildman–Crippen LogP) is 0.971. The first-order valence-electron chi connectivity index (χ1n) is 3.74. The van der Waals surface area contributed by atoms with Gasteiger partial charge in [0.15, 0.2) is 0 Å². The lowest BCUT2D eigenvalue weighted by Gasteiger charge is -1.86. The molecule has 0 aromatic carbocycles. The molecule has 0 amide bonds. The van der Waals surface area contributed by atoms with E-state index in [0.717, 1.165) is 26.1 Å². The zero-order chi connectivity index (χ0) is 7.54. The molecule has 2 heteroatoms. The van der Waals surface area contributed by atoms with Gasteiger partial charge in [0.25, 0.3) is 0 Å². The van der Waals surface area contributed by atoms with Crippen molar-refractivity contribution in [2.45, 2.75) is 27.2 Å². The molecule has 9 heavy (non-hydrogen) atoms. The fraction of sp³-hybridized carbons (Fsp3) is 1.00. The Morgan fingerprint density at radius 3 is 1.44 bits per heavy atom. The summed E-state index contributed by atoms with van der Waals surface area (Å²) in [6.45, 7) is 9.26. The molecular weight excluding hydrogens is 112 g/mol. The molecule has 0 bridgehead atoms. The lowest BCUT2D eigenvalue weighted by Crippen LogP contribution is -2.09. The third-order valence-electron chi connectivity index (χ3n) is 0.789. The van der Waals surface area contributed by atoms with Gasteiger partial charge < -0.3 is 11.1 Å². The van der Waals surface area contributed by atoms with Crippen molar-refractivity contribution in [2.24, 2.45) is 5.73 Å². The topological polar surface area (TPSA) is 38.0 Å². The summed E-state index contributed by atoms with van der Waals surface area (Å²) in [7, 11) is 0. The van der Waals surface area contributed by atoms with Gasteiger partial charge in [0.05, 0.1) is 0 Å². The quantitative estimate of drug-likeness (QED) is 0.600. The molecule has 0 unspecified atom stereocenters. The Balaban J connectivity index is 0. The van der Waals surface area contributed by atoms with E-state index in [2.05, 4.69) is 26.1 Å². The van der Waals surface area contributed by atoms with E-state index in [9.17, 15) is 0 Å². The first-order chi connectivity index (χ1) is 4.33. The van der Waals surface area contributed by atoms with Crippen molar-refractivity contribution in [2.75, 3.05) is 19.6 Å². The molecular formula is C7H20N2. The molecule has 3 N–H and O–H groups in total. The van der Waals surface area contributed by atoms with Crippen LogP contribution in [0.15, 0.2) is 0 Å².